The maximum Gasteiger partial charge on any atom is 0.339 e. The summed E-state index contributed by atoms with van der Waals surface area (Å²) in [6, 6.07) is 7.62. The van der Waals surface area contributed by atoms with Crippen LogP contribution >= 0.6 is 0 Å². The minimum Gasteiger partial charge on any atom is -0.496 e. The van der Waals surface area contributed by atoms with Gasteiger partial charge in [-0.1, -0.05) is 19.4 Å². The zero-order valence-corrected chi connectivity index (χ0v) is 18.4. The fraction of sp³-hybridized carbons (Fsp3) is 0.440. The molecular weight excluding hydrogens is 390 g/mol. The van der Waals surface area contributed by atoms with E-state index in [-0.39, 0.29) is 5.56 Å². The largest absolute Gasteiger partial charge is 0.496 e. The summed E-state index contributed by atoms with van der Waals surface area (Å²) >= 11 is 0. The summed E-state index contributed by atoms with van der Waals surface area (Å²) in [5.41, 5.74) is 5.05. The average Bonchev–Trinajstić information content (AvgIpc) is 3.23. The number of hydrogen-bond acceptors (Lipinski definition) is 4. The summed E-state index contributed by atoms with van der Waals surface area (Å²) in [5, 5.41) is 10.8. The fourth-order valence-corrected chi connectivity index (χ4v) is 4.73. The first kappa shape index (κ1) is 21.4. The van der Waals surface area contributed by atoms with E-state index in [1.807, 2.05) is 12.3 Å². The van der Waals surface area contributed by atoms with E-state index in [1.54, 1.807) is 12.1 Å². The van der Waals surface area contributed by atoms with Gasteiger partial charge in [-0.25, -0.2) is 9.78 Å². The number of fused-ring (bicyclic) bond motifs is 1. The number of ether oxygens (including phenoxy) is 1. The van der Waals surface area contributed by atoms with Crippen molar-refractivity contribution in [2.24, 2.45) is 0 Å². The number of nitrogens with one attached hydrogen (secondary N) is 1. The number of aryl methyl sites for hydroxylation is 1. The van der Waals surface area contributed by atoms with Crippen LogP contribution in [0.1, 0.15) is 65.6 Å². The van der Waals surface area contributed by atoms with Crippen LogP contribution in [0.4, 0.5) is 0 Å². The summed E-state index contributed by atoms with van der Waals surface area (Å²) in [5.74, 6) is -0.0222. The summed E-state index contributed by atoms with van der Waals surface area (Å²) in [6.07, 6.45) is 9.75. The molecule has 4 rings (SSSR count). The SMILES string of the molecule is CCCCc1ccnc2[nH]cc(C3CCN(Cc4ccc(OC)c(C(=O)O)c4)CC3)c12. The summed E-state index contributed by atoms with van der Waals surface area (Å²) in [6.45, 7) is 4.98. The van der Waals surface area contributed by atoms with Gasteiger partial charge in [0.2, 0.25) is 0 Å². The topological polar surface area (TPSA) is 78.5 Å². The second kappa shape index (κ2) is 9.52. The van der Waals surface area contributed by atoms with Gasteiger partial charge in [-0.3, -0.25) is 4.90 Å². The Kier molecular flexibility index (Phi) is 6.56. The molecule has 0 saturated carbocycles. The van der Waals surface area contributed by atoms with Crippen molar-refractivity contribution in [3.63, 3.8) is 0 Å². The van der Waals surface area contributed by atoms with Crippen molar-refractivity contribution >= 4 is 17.0 Å². The number of aromatic amines is 1. The molecule has 2 aromatic heterocycles. The Morgan fingerprint density at radius 1 is 1.29 bits per heavy atom. The van der Waals surface area contributed by atoms with E-state index in [1.165, 1.54) is 36.5 Å². The van der Waals surface area contributed by atoms with Gasteiger partial charge in [-0.05, 0) is 79.6 Å². The lowest BCUT2D eigenvalue weighted by Crippen LogP contribution is -2.32. The highest BCUT2D eigenvalue weighted by Crippen LogP contribution is 2.35. The van der Waals surface area contributed by atoms with Gasteiger partial charge in [-0.2, -0.15) is 0 Å². The normalized spacial score (nSPS) is 15.4. The molecule has 0 radical (unpaired) electrons. The van der Waals surface area contributed by atoms with Crippen LogP contribution in [0, 0.1) is 0 Å². The third-order valence-electron chi connectivity index (χ3n) is 6.42. The molecular formula is C25H31N3O3. The number of hydrogen-bond donors (Lipinski definition) is 2. The predicted molar refractivity (Wildman–Crippen MR) is 122 cm³/mol. The smallest absolute Gasteiger partial charge is 0.339 e. The third kappa shape index (κ3) is 4.59. The molecule has 3 aromatic rings. The number of unbranched alkanes of at least 4 members (excludes halogenated alkanes) is 1. The number of carboxylic acids is 1. The number of rotatable bonds is 8. The molecule has 6 heteroatoms. The maximum absolute atomic E-state index is 11.5. The number of piperidine rings is 1. The molecule has 0 bridgehead atoms. The van der Waals surface area contributed by atoms with Crippen LogP contribution in [0.5, 0.6) is 5.75 Å². The first-order chi connectivity index (χ1) is 15.1. The molecule has 164 valence electrons. The standard InChI is InChI=1S/C25H31N3O3/c1-3-4-5-19-8-11-26-24-23(19)21(15-27-24)18-9-12-28(13-10-18)16-17-6-7-22(31-2)20(14-17)25(29)30/h6-8,11,14-15,18H,3-5,9-10,12-13,16H2,1-2H3,(H,26,27)(H,29,30). The van der Waals surface area contributed by atoms with Crippen molar-refractivity contribution in [1.82, 2.24) is 14.9 Å². The van der Waals surface area contributed by atoms with Gasteiger partial charge in [0.05, 0.1) is 7.11 Å². The van der Waals surface area contributed by atoms with Crippen molar-refractivity contribution in [2.45, 2.75) is 51.5 Å². The molecule has 1 aliphatic rings. The van der Waals surface area contributed by atoms with Gasteiger partial charge in [0.1, 0.15) is 17.0 Å². The Morgan fingerprint density at radius 2 is 2.10 bits per heavy atom. The van der Waals surface area contributed by atoms with Crippen molar-refractivity contribution in [2.75, 3.05) is 20.2 Å². The average molecular weight is 422 g/mol. The molecule has 0 amide bonds. The van der Waals surface area contributed by atoms with Gasteiger partial charge in [0.25, 0.3) is 0 Å². The Balaban J connectivity index is 1.45. The lowest BCUT2D eigenvalue weighted by Gasteiger charge is -2.32. The van der Waals surface area contributed by atoms with Crippen LogP contribution < -0.4 is 4.74 Å². The molecule has 2 N–H and O–H groups in total. The number of carboxylic acid groups (broad SMARTS) is 1. The fourth-order valence-electron chi connectivity index (χ4n) is 4.73. The minimum atomic E-state index is -0.954. The van der Waals surface area contributed by atoms with Gasteiger partial charge < -0.3 is 14.8 Å². The predicted octanol–water partition coefficient (Wildman–Crippen LogP) is 4.99. The molecule has 0 unspecified atom stereocenters. The Labute approximate surface area is 183 Å². The summed E-state index contributed by atoms with van der Waals surface area (Å²) < 4.78 is 5.17. The highest BCUT2D eigenvalue weighted by Gasteiger charge is 2.24. The van der Waals surface area contributed by atoms with Crippen LogP contribution in [0.15, 0.2) is 36.7 Å². The number of likely N-dealkylation sites (tertiary alicyclic amines) is 1. The number of aromatic nitrogens is 2. The molecule has 31 heavy (non-hydrogen) atoms. The molecule has 1 fully saturated rings. The molecule has 0 atom stereocenters. The van der Waals surface area contributed by atoms with Gasteiger partial charge in [-0.15, -0.1) is 0 Å². The van der Waals surface area contributed by atoms with E-state index < -0.39 is 5.97 Å². The number of pyridine rings is 1. The molecule has 0 aliphatic carbocycles. The third-order valence-corrected chi connectivity index (χ3v) is 6.42. The summed E-state index contributed by atoms with van der Waals surface area (Å²) in [4.78, 5) is 21.8. The number of methoxy groups -OCH3 is 1. The zero-order valence-electron chi connectivity index (χ0n) is 18.4. The van der Waals surface area contributed by atoms with Crippen molar-refractivity contribution in [1.29, 1.82) is 0 Å². The zero-order chi connectivity index (χ0) is 21.8. The van der Waals surface area contributed by atoms with Crippen LogP contribution in [0.2, 0.25) is 0 Å². The number of H-pyrrole nitrogens is 1. The molecule has 3 heterocycles. The lowest BCUT2D eigenvalue weighted by molar-refractivity contribution is 0.0693. The van der Waals surface area contributed by atoms with E-state index in [9.17, 15) is 9.90 Å². The second-order valence-electron chi connectivity index (χ2n) is 8.43. The molecule has 1 aromatic carbocycles. The first-order valence-electron chi connectivity index (χ1n) is 11.2. The quantitative estimate of drug-likeness (QED) is 0.536. The minimum absolute atomic E-state index is 0.223. The highest BCUT2D eigenvalue weighted by atomic mass is 16.5. The number of nitrogens with zero attached hydrogens (tertiary/aromatic N) is 2. The van der Waals surface area contributed by atoms with Gasteiger partial charge in [0, 0.05) is 24.3 Å². The molecule has 0 spiro atoms. The Hall–Kier alpha value is -2.86. The monoisotopic (exact) mass is 421 g/mol. The highest BCUT2D eigenvalue weighted by molar-refractivity contribution is 5.91. The van der Waals surface area contributed by atoms with E-state index in [0.29, 0.717) is 11.7 Å². The first-order valence-corrected chi connectivity index (χ1v) is 11.2. The van der Waals surface area contributed by atoms with Gasteiger partial charge in [0.15, 0.2) is 0 Å². The van der Waals surface area contributed by atoms with Crippen LogP contribution in [-0.2, 0) is 13.0 Å². The van der Waals surface area contributed by atoms with E-state index in [2.05, 4.69) is 34.1 Å². The molecule has 1 aliphatic heterocycles. The van der Waals surface area contributed by atoms with E-state index in [4.69, 9.17) is 4.74 Å². The van der Waals surface area contributed by atoms with Crippen LogP contribution in [0.25, 0.3) is 11.0 Å². The molecule has 6 nitrogen and oxygen atoms in total. The summed E-state index contributed by atoms with van der Waals surface area (Å²) in [7, 11) is 1.50. The number of aromatic carboxylic acids is 1. The number of benzene rings is 1. The van der Waals surface area contributed by atoms with Gasteiger partial charge >= 0.3 is 5.97 Å². The second-order valence-corrected chi connectivity index (χ2v) is 8.43. The lowest BCUT2D eigenvalue weighted by atomic mass is 9.87. The number of carbonyl (C=O) groups is 1. The van der Waals surface area contributed by atoms with Crippen molar-refractivity contribution < 1.29 is 14.6 Å². The Bertz CT molecular complexity index is 1050. The van der Waals surface area contributed by atoms with Crippen LogP contribution in [-0.4, -0.2) is 46.1 Å². The van der Waals surface area contributed by atoms with E-state index in [0.717, 1.165) is 50.1 Å². The maximum atomic E-state index is 11.5. The molecule has 1 saturated heterocycles. The Morgan fingerprint density at radius 3 is 2.81 bits per heavy atom. The van der Waals surface area contributed by atoms with E-state index >= 15 is 0 Å². The van der Waals surface area contributed by atoms with Crippen molar-refractivity contribution in [3.8, 4) is 5.75 Å². The van der Waals surface area contributed by atoms with Crippen molar-refractivity contribution in [3.05, 3.63) is 58.9 Å². The van der Waals surface area contributed by atoms with Crippen LogP contribution in [0.3, 0.4) is 0 Å².